The normalized spacial score (nSPS) is 12.5. The van der Waals surface area contributed by atoms with Crippen molar-refractivity contribution in [2.24, 2.45) is 0 Å². The molecule has 1 aromatic rings. The van der Waals surface area contributed by atoms with Crippen LogP contribution < -0.4 is 4.74 Å². The van der Waals surface area contributed by atoms with Crippen LogP contribution in [-0.2, 0) is 4.74 Å². The largest absolute Gasteiger partial charge is 0.491 e. The van der Waals surface area contributed by atoms with E-state index >= 15 is 0 Å². The zero-order valence-corrected chi connectivity index (χ0v) is 11.3. The smallest absolute Gasteiger partial charge is 0.126 e. The van der Waals surface area contributed by atoms with E-state index in [1.165, 1.54) is 0 Å². The van der Waals surface area contributed by atoms with Gasteiger partial charge in [-0.25, -0.2) is 0 Å². The van der Waals surface area contributed by atoms with Crippen LogP contribution >= 0.6 is 15.9 Å². The van der Waals surface area contributed by atoms with Gasteiger partial charge in [-0.15, -0.1) is 0 Å². The Bertz CT molecular complexity index is 341. The number of aliphatic hydroxyl groups excluding tert-OH is 2. The summed E-state index contributed by atoms with van der Waals surface area (Å²) in [5.74, 6) is 0.641. The third-order valence-electron chi connectivity index (χ3n) is 2.15. The number of hydrogen-bond acceptors (Lipinski definition) is 4. The number of aliphatic hydroxyl groups is 2. The molecule has 0 spiro atoms. The molecule has 0 bridgehead atoms. The Hall–Kier alpha value is -0.620. The molecule has 0 saturated carbocycles. The molecule has 17 heavy (non-hydrogen) atoms. The van der Waals surface area contributed by atoms with E-state index in [0.717, 1.165) is 10.0 Å². The molecule has 1 rings (SSSR count). The Morgan fingerprint density at radius 1 is 1.29 bits per heavy atom. The topological polar surface area (TPSA) is 58.9 Å². The summed E-state index contributed by atoms with van der Waals surface area (Å²) in [6.45, 7) is 2.81. The summed E-state index contributed by atoms with van der Waals surface area (Å²) in [4.78, 5) is 0. The van der Waals surface area contributed by atoms with Crippen molar-refractivity contribution in [3.05, 3.63) is 28.2 Å². The van der Waals surface area contributed by atoms with Gasteiger partial charge in [-0.3, -0.25) is 0 Å². The van der Waals surface area contributed by atoms with Gasteiger partial charge in [0.1, 0.15) is 12.4 Å². The fourth-order valence-electron chi connectivity index (χ4n) is 1.36. The van der Waals surface area contributed by atoms with E-state index in [9.17, 15) is 5.11 Å². The van der Waals surface area contributed by atoms with Gasteiger partial charge in [-0.05, 0) is 19.1 Å². The first-order chi connectivity index (χ1) is 8.15. The van der Waals surface area contributed by atoms with Crippen LogP contribution in [-0.4, -0.2) is 36.6 Å². The van der Waals surface area contributed by atoms with Crippen molar-refractivity contribution >= 4 is 15.9 Å². The molecular formula is C12H17BrO4. The number of hydrogen-bond donors (Lipinski definition) is 2. The highest BCUT2D eigenvalue weighted by molar-refractivity contribution is 9.10. The predicted molar refractivity (Wildman–Crippen MR) is 68.2 cm³/mol. The third kappa shape index (κ3) is 5.04. The highest BCUT2D eigenvalue weighted by Crippen LogP contribution is 2.28. The van der Waals surface area contributed by atoms with Crippen molar-refractivity contribution in [3.8, 4) is 5.75 Å². The fraction of sp³-hybridized carbons (Fsp3) is 0.500. The van der Waals surface area contributed by atoms with Gasteiger partial charge in [0.05, 0.1) is 25.9 Å². The molecule has 2 N–H and O–H groups in total. The molecule has 96 valence electrons. The van der Waals surface area contributed by atoms with Crippen LogP contribution in [0.4, 0.5) is 0 Å². The monoisotopic (exact) mass is 304 g/mol. The molecule has 0 fully saturated rings. The minimum Gasteiger partial charge on any atom is -0.491 e. The van der Waals surface area contributed by atoms with Gasteiger partial charge in [-0.2, -0.15) is 0 Å². The lowest BCUT2D eigenvalue weighted by atomic mass is 10.1. The van der Waals surface area contributed by atoms with Crippen LogP contribution in [0.2, 0.25) is 0 Å². The Kier molecular flexibility index (Phi) is 6.50. The lowest BCUT2D eigenvalue weighted by Gasteiger charge is -2.13. The van der Waals surface area contributed by atoms with E-state index in [0.29, 0.717) is 25.6 Å². The number of ether oxygens (including phenoxy) is 2. The van der Waals surface area contributed by atoms with Crippen LogP contribution in [0.5, 0.6) is 5.75 Å². The molecule has 0 unspecified atom stereocenters. The first-order valence-electron chi connectivity index (χ1n) is 5.44. The summed E-state index contributed by atoms with van der Waals surface area (Å²) in [5, 5.41) is 18.1. The van der Waals surface area contributed by atoms with Crippen LogP contribution in [0.3, 0.4) is 0 Å². The number of benzene rings is 1. The Labute approximate surface area is 109 Å². The maximum atomic E-state index is 9.58. The van der Waals surface area contributed by atoms with Crippen molar-refractivity contribution in [1.82, 2.24) is 0 Å². The molecule has 0 amide bonds. The SMILES string of the molecule is C[C@@H](O)c1ccc(Br)cc1OCCOCCO. The maximum absolute atomic E-state index is 9.58. The van der Waals surface area contributed by atoms with E-state index in [1.807, 2.05) is 18.2 Å². The first-order valence-corrected chi connectivity index (χ1v) is 6.23. The van der Waals surface area contributed by atoms with Crippen LogP contribution in [0.25, 0.3) is 0 Å². The molecule has 4 nitrogen and oxygen atoms in total. The second-order valence-corrected chi connectivity index (χ2v) is 4.46. The van der Waals surface area contributed by atoms with E-state index < -0.39 is 6.10 Å². The average Bonchev–Trinajstić information content (AvgIpc) is 2.28. The summed E-state index contributed by atoms with van der Waals surface area (Å²) in [6, 6.07) is 5.49. The predicted octanol–water partition coefficient (Wildman–Crippen LogP) is 1.89. The van der Waals surface area contributed by atoms with Gasteiger partial charge >= 0.3 is 0 Å². The van der Waals surface area contributed by atoms with Gasteiger partial charge in [0.2, 0.25) is 0 Å². The summed E-state index contributed by atoms with van der Waals surface area (Å²) in [7, 11) is 0. The summed E-state index contributed by atoms with van der Waals surface area (Å²) in [5.41, 5.74) is 0.746. The van der Waals surface area contributed by atoms with Gasteiger partial charge in [0.15, 0.2) is 0 Å². The highest BCUT2D eigenvalue weighted by atomic mass is 79.9. The standard InChI is InChI=1S/C12H17BrO4/c1-9(15)11-3-2-10(13)8-12(11)17-7-6-16-5-4-14/h2-3,8-9,14-15H,4-7H2,1H3/t9-/m1/s1. The maximum Gasteiger partial charge on any atom is 0.126 e. The second-order valence-electron chi connectivity index (χ2n) is 3.54. The van der Waals surface area contributed by atoms with E-state index in [2.05, 4.69) is 15.9 Å². The first kappa shape index (κ1) is 14.4. The van der Waals surface area contributed by atoms with Crippen LogP contribution in [0.1, 0.15) is 18.6 Å². The molecule has 1 aromatic carbocycles. The molecule has 1 atom stereocenters. The minimum absolute atomic E-state index is 0.00973. The Morgan fingerprint density at radius 2 is 2.06 bits per heavy atom. The molecule has 0 radical (unpaired) electrons. The lowest BCUT2D eigenvalue weighted by Crippen LogP contribution is -2.10. The van der Waals surface area contributed by atoms with Gasteiger partial charge in [-0.1, -0.05) is 22.0 Å². The van der Waals surface area contributed by atoms with Gasteiger partial charge < -0.3 is 19.7 Å². The Balaban J connectivity index is 2.53. The zero-order chi connectivity index (χ0) is 12.7. The molecule has 0 saturated heterocycles. The van der Waals surface area contributed by atoms with E-state index in [-0.39, 0.29) is 6.61 Å². The van der Waals surface area contributed by atoms with Crippen molar-refractivity contribution < 1.29 is 19.7 Å². The van der Waals surface area contributed by atoms with Crippen LogP contribution in [0.15, 0.2) is 22.7 Å². The number of rotatable bonds is 7. The molecule has 0 heterocycles. The average molecular weight is 305 g/mol. The molecule has 0 aromatic heterocycles. The van der Waals surface area contributed by atoms with Gasteiger partial charge in [0.25, 0.3) is 0 Å². The molecule has 0 aliphatic rings. The van der Waals surface area contributed by atoms with Crippen LogP contribution in [0, 0.1) is 0 Å². The summed E-state index contributed by atoms with van der Waals surface area (Å²) >= 11 is 3.35. The van der Waals surface area contributed by atoms with Crippen molar-refractivity contribution in [2.75, 3.05) is 26.4 Å². The molecule has 0 aliphatic heterocycles. The highest BCUT2D eigenvalue weighted by Gasteiger charge is 2.09. The van der Waals surface area contributed by atoms with E-state index in [1.54, 1.807) is 6.92 Å². The lowest BCUT2D eigenvalue weighted by molar-refractivity contribution is 0.0695. The molecular weight excluding hydrogens is 288 g/mol. The second kappa shape index (κ2) is 7.66. The third-order valence-corrected chi connectivity index (χ3v) is 2.64. The minimum atomic E-state index is -0.573. The summed E-state index contributed by atoms with van der Waals surface area (Å²) < 4.78 is 11.5. The van der Waals surface area contributed by atoms with E-state index in [4.69, 9.17) is 14.6 Å². The van der Waals surface area contributed by atoms with Gasteiger partial charge in [0, 0.05) is 10.0 Å². The summed E-state index contributed by atoms with van der Waals surface area (Å²) in [6.07, 6.45) is -0.573. The number of halogens is 1. The van der Waals surface area contributed by atoms with Crippen molar-refractivity contribution in [1.29, 1.82) is 0 Å². The quantitative estimate of drug-likeness (QED) is 0.755. The zero-order valence-electron chi connectivity index (χ0n) is 9.73. The molecule has 0 aliphatic carbocycles. The van der Waals surface area contributed by atoms with Crippen molar-refractivity contribution in [2.45, 2.75) is 13.0 Å². The fourth-order valence-corrected chi connectivity index (χ4v) is 1.70. The Morgan fingerprint density at radius 3 is 2.71 bits per heavy atom. The van der Waals surface area contributed by atoms with Crippen molar-refractivity contribution in [3.63, 3.8) is 0 Å². The molecule has 5 heteroatoms.